The van der Waals surface area contributed by atoms with E-state index >= 15 is 0 Å². The van der Waals surface area contributed by atoms with E-state index in [0.29, 0.717) is 31.3 Å². The number of nitrogens with one attached hydrogen (secondary N) is 1. The predicted molar refractivity (Wildman–Crippen MR) is 66.8 cm³/mol. The van der Waals surface area contributed by atoms with Crippen LogP contribution >= 0.6 is 0 Å². The number of carbonyl (C=O) groups excluding carboxylic acids is 1. The number of aromatic nitrogens is 1. The van der Waals surface area contributed by atoms with Gasteiger partial charge in [-0.2, -0.15) is 0 Å². The summed E-state index contributed by atoms with van der Waals surface area (Å²) in [5.74, 6) is 0.409. The van der Waals surface area contributed by atoms with Crippen molar-refractivity contribution in [3.8, 4) is 5.88 Å². The van der Waals surface area contributed by atoms with E-state index < -0.39 is 0 Å². The Morgan fingerprint density at radius 2 is 2.50 bits per heavy atom. The minimum Gasteiger partial charge on any atom is -0.480 e. The van der Waals surface area contributed by atoms with Crippen LogP contribution in [-0.2, 0) is 4.74 Å². The van der Waals surface area contributed by atoms with Gasteiger partial charge in [0.2, 0.25) is 5.88 Å². The molecule has 1 aromatic rings. The van der Waals surface area contributed by atoms with E-state index in [2.05, 4.69) is 10.3 Å². The zero-order chi connectivity index (χ0) is 13.0. The van der Waals surface area contributed by atoms with Crippen LogP contribution in [0.15, 0.2) is 18.3 Å². The third-order valence-corrected chi connectivity index (χ3v) is 2.83. The molecule has 98 valence electrons. The third-order valence-electron chi connectivity index (χ3n) is 2.83. The van der Waals surface area contributed by atoms with Gasteiger partial charge in [-0.15, -0.1) is 0 Å². The SMILES string of the molecule is COc1ncccc1NC(=O)N1CCOC[C@@H]1C. The molecule has 0 saturated carbocycles. The third kappa shape index (κ3) is 2.70. The monoisotopic (exact) mass is 251 g/mol. The molecule has 2 heterocycles. The summed E-state index contributed by atoms with van der Waals surface area (Å²) in [5, 5.41) is 2.81. The molecule has 0 aliphatic carbocycles. The molecule has 1 N–H and O–H groups in total. The Bertz CT molecular complexity index is 425. The lowest BCUT2D eigenvalue weighted by Crippen LogP contribution is -2.48. The first-order valence-corrected chi connectivity index (χ1v) is 5.86. The minimum atomic E-state index is -0.155. The van der Waals surface area contributed by atoms with Crippen LogP contribution in [0.25, 0.3) is 0 Å². The Labute approximate surface area is 106 Å². The number of ether oxygens (including phenoxy) is 2. The van der Waals surface area contributed by atoms with Crippen molar-refractivity contribution in [2.24, 2.45) is 0 Å². The lowest BCUT2D eigenvalue weighted by atomic mass is 10.3. The van der Waals surface area contributed by atoms with Gasteiger partial charge in [0, 0.05) is 12.7 Å². The Morgan fingerprint density at radius 3 is 3.22 bits per heavy atom. The highest BCUT2D eigenvalue weighted by Crippen LogP contribution is 2.20. The molecule has 2 rings (SSSR count). The summed E-state index contributed by atoms with van der Waals surface area (Å²) < 4.78 is 10.4. The number of hydrogen-bond donors (Lipinski definition) is 1. The van der Waals surface area contributed by atoms with Gasteiger partial charge in [-0.25, -0.2) is 9.78 Å². The highest BCUT2D eigenvalue weighted by molar-refractivity contribution is 5.90. The van der Waals surface area contributed by atoms with Gasteiger partial charge in [-0.3, -0.25) is 0 Å². The van der Waals surface area contributed by atoms with Crippen LogP contribution in [0.3, 0.4) is 0 Å². The topological polar surface area (TPSA) is 63.7 Å². The number of carbonyl (C=O) groups is 1. The first-order chi connectivity index (χ1) is 8.72. The second kappa shape index (κ2) is 5.68. The lowest BCUT2D eigenvalue weighted by Gasteiger charge is -2.33. The molecule has 2 amide bonds. The first-order valence-electron chi connectivity index (χ1n) is 5.86. The molecule has 1 aromatic heterocycles. The van der Waals surface area contributed by atoms with E-state index in [1.807, 2.05) is 6.92 Å². The first kappa shape index (κ1) is 12.6. The molecular formula is C12H17N3O3. The molecular weight excluding hydrogens is 234 g/mol. The molecule has 1 saturated heterocycles. The lowest BCUT2D eigenvalue weighted by molar-refractivity contribution is 0.0221. The number of hydrogen-bond acceptors (Lipinski definition) is 4. The van der Waals surface area contributed by atoms with Crippen LogP contribution in [0.1, 0.15) is 6.92 Å². The number of nitrogens with zero attached hydrogens (tertiary/aromatic N) is 2. The predicted octanol–water partition coefficient (Wildman–Crippen LogP) is 1.34. The van der Waals surface area contributed by atoms with E-state index in [-0.39, 0.29) is 12.1 Å². The summed E-state index contributed by atoms with van der Waals surface area (Å²) in [6.45, 7) is 3.69. The second-order valence-electron chi connectivity index (χ2n) is 4.11. The number of anilines is 1. The Balaban J connectivity index is 2.06. The minimum absolute atomic E-state index is 0.0708. The number of amides is 2. The van der Waals surface area contributed by atoms with Gasteiger partial charge in [0.25, 0.3) is 0 Å². The Hall–Kier alpha value is -1.82. The number of methoxy groups -OCH3 is 1. The quantitative estimate of drug-likeness (QED) is 0.861. The van der Waals surface area contributed by atoms with E-state index in [0.717, 1.165) is 0 Å². The fourth-order valence-corrected chi connectivity index (χ4v) is 1.86. The van der Waals surface area contributed by atoms with E-state index in [9.17, 15) is 4.79 Å². The smallest absolute Gasteiger partial charge is 0.322 e. The van der Waals surface area contributed by atoms with Crippen LogP contribution in [0.4, 0.5) is 10.5 Å². The van der Waals surface area contributed by atoms with Crippen LogP contribution in [0, 0.1) is 0 Å². The molecule has 18 heavy (non-hydrogen) atoms. The number of pyridine rings is 1. The molecule has 1 atom stereocenters. The van der Waals surface area contributed by atoms with Gasteiger partial charge in [-0.05, 0) is 19.1 Å². The summed E-state index contributed by atoms with van der Waals surface area (Å²) in [6.07, 6.45) is 1.62. The molecule has 0 unspecified atom stereocenters. The highest BCUT2D eigenvalue weighted by atomic mass is 16.5. The molecule has 6 heteroatoms. The fourth-order valence-electron chi connectivity index (χ4n) is 1.86. The summed E-state index contributed by atoms with van der Waals surface area (Å²) in [5.41, 5.74) is 0.573. The zero-order valence-electron chi connectivity index (χ0n) is 10.5. The van der Waals surface area contributed by atoms with Crippen molar-refractivity contribution in [3.05, 3.63) is 18.3 Å². The number of rotatable bonds is 2. The van der Waals surface area contributed by atoms with Gasteiger partial charge >= 0.3 is 6.03 Å². The Kier molecular flexibility index (Phi) is 3.99. The molecule has 0 bridgehead atoms. The van der Waals surface area contributed by atoms with E-state index in [4.69, 9.17) is 9.47 Å². The average Bonchev–Trinajstić information content (AvgIpc) is 2.39. The maximum atomic E-state index is 12.1. The maximum Gasteiger partial charge on any atom is 0.322 e. The molecule has 1 aliphatic heterocycles. The van der Waals surface area contributed by atoms with Crippen LogP contribution < -0.4 is 10.1 Å². The summed E-state index contributed by atoms with van der Waals surface area (Å²) in [7, 11) is 1.52. The number of urea groups is 1. The van der Waals surface area contributed by atoms with Gasteiger partial charge in [0.05, 0.1) is 26.4 Å². The van der Waals surface area contributed by atoms with Crippen LogP contribution in [-0.4, -0.2) is 48.8 Å². The molecule has 1 fully saturated rings. The summed E-state index contributed by atoms with van der Waals surface area (Å²) in [6, 6.07) is 3.42. The molecule has 6 nitrogen and oxygen atoms in total. The normalized spacial score (nSPS) is 19.4. The Morgan fingerprint density at radius 1 is 1.67 bits per heavy atom. The van der Waals surface area contributed by atoms with Crippen LogP contribution in [0.2, 0.25) is 0 Å². The summed E-state index contributed by atoms with van der Waals surface area (Å²) in [4.78, 5) is 17.9. The van der Waals surface area contributed by atoms with Crippen molar-refractivity contribution in [1.29, 1.82) is 0 Å². The molecule has 1 aliphatic rings. The van der Waals surface area contributed by atoms with Gasteiger partial charge in [0.1, 0.15) is 5.69 Å². The van der Waals surface area contributed by atoms with Crippen molar-refractivity contribution in [1.82, 2.24) is 9.88 Å². The standard InChI is InChI=1S/C12H17N3O3/c1-9-8-18-7-6-15(9)12(16)14-10-4-3-5-13-11(10)17-2/h3-5,9H,6-8H2,1-2H3,(H,14,16)/t9-/m0/s1. The average molecular weight is 251 g/mol. The van der Waals surface area contributed by atoms with Crippen molar-refractivity contribution in [2.75, 3.05) is 32.2 Å². The van der Waals surface area contributed by atoms with E-state index in [1.165, 1.54) is 7.11 Å². The number of morpholine rings is 1. The zero-order valence-corrected chi connectivity index (χ0v) is 10.5. The van der Waals surface area contributed by atoms with Crippen molar-refractivity contribution >= 4 is 11.7 Å². The highest BCUT2D eigenvalue weighted by Gasteiger charge is 2.24. The largest absolute Gasteiger partial charge is 0.480 e. The van der Waals surface area contributed by atoms with Crippen molar-refractivity contribution < 1.29 is 14.3 Å². The van der Waals surface area contributed by atoms with Crippen molar-refractivity contribution in [3.63, 3.8) is 0 Å². The van der Waals surface area contributed by atoms with Gasteiger partial charge in [-0.1, -0.05) is 0 Å². The van der Waals surface area contributed by atoms with Gasteiger partial charge in [0.15, 0.2) is 0 Å². The van der Waals surface area contributed by atoms with Crippen LogP contribution in [0.5, 0.6) is 5.88 Å². The fraction of sp³-hybridized carbons (Fsp3) is 0.500. The molecule has 0 radical (unpaired) electrons. The molecule has 0 aromatic carbocycles. The van der Waals surface area contributed by atoms with E-state index in [1.54, 1.807) is 23.2 Å². The van der Waals surface area contributed by atoms with Crippen molar-refractivity contribution in [2.45, 2.75) is 13.0 Å². The second-order valence-corrected chi connectivity index (χ2v) is 4.11. The maximum absolute atomic E-state index is 12.1. The van der Waals surface area contributed by atoms with Gasteiger partial charge < -0.3 is 19.7 Å². The summed E-state index contributed by atoms with van der Waals surface area (Å²) >= 11 is 0. The molecule has 0 spiro atoms.